The van der Waals surface area contributed by atoms with Crippen molar-refractivity contribution in [1.82, 2.24) is 38.7 Å². The Kier molecular flexibility index (Phi) is 5.62. The van der Waals surface area contributed by atoms with Gasteiger partial charge in [0, 0.05) is 67.9 Å². The number of nitrogens with zero attached hydrogens (tertiary/aromatic N) is 8. The van der Waals surface area contributed by atoms with Crippen LogP contribution in [0, 0.1) is 0 Å². The Hall–Kier alpha value is -8.10. The lowest BCUT2D eigenvalue weighted by atomic mass is 9.95. The summed E-state index contributed by atoms with van der Waals surface area (Å²) in [6.07, 6.45) is 7.76. The van der Waals surface area contributed by atoms with Gasteiger partial charge in [-0.1, -0.05) is 91.0 Å². The molecule has 58 heavy (non-hydrogen) atoms. The SMILES string of the molecule is c1ccc2cc3c(cc2c1)c1nc2nccnc2nc1n1cc2c(-c4ccc5cc6c(cc5c4)c4nc5ccccc5nc4n4cc5ccccc5c64)cccc2c31. The van der Waals surface area contributed by atoms with Crippen molar-refractivity contribution in [1.29, 1.82) is 0 Å². The van der Waals surface area contributed by atoms with Gasteiger partial charge in [-0.15, -0.1) is 0 Å². The highest BCUT2D eigenvalue weighted by Crippen LogP contribution is 2.42. The Balaban J connectivity index is 1.07. The van der Waals surface area contributed by atoms with E-state index in [1.54, 1.807) is 12.4 Å². The predicted molar refractivity (Wildman–Crippen MR) is 236 cm³/mol. The smallest absolute Gasteiger partial charge is 0.199 e. The molecule has 0 radical (unpaired) electrons. The molecule has 7 aromatic heterocycles. The van der Waals surface area contributed by atoms with Gasteiger partial charge in [-0.2, -0.15) is 0 Å². The van der Waals surface area contributed by atoms with E-state index < -0.39 is 0 Å². The van der Waals surface area contributed by atoms with E-state index in [-0.39, 0.29) is 0 Å². The molecule has 0 aliphatic rings. The zero-order valence-corrected chi connectivity index (χ0v) is 30.6. The van der Waals surface area contributed by atoms with Gasteiger partial charge in [0.15, 0.2) is 22.6 Å². The van der Waals surface area contributed by atoms with Gasteiger partial charge in [-0.3, -0.25) is 8.80 Å². The maximum Gasteiger partial charge on any atom is 0.199 e. The Morgan fingerprint density at radius 1 is 0.362 bits per heavy atom. The molecule has 0 unspecified atom stereocenters. The summed E-state index contributed by atoms with van der Waals surface area (Å²) < 4.78 is 4.44. The van der Waals surface area contributed by atoms with Crippen molar-refractivity contribution >= 4 is 120 Å². The zero-order valence-electron chi connectivity index (χ0n) is 30.6. The van der Waals surface area contributed by atoms with E-state index in [1.165, 1.54) is 16.2 Å². The standard InChI is InChI=1S/C50H26N8/c1-2-9-28-22-39-36(21-27(28)8-1)44-50(56-48-47(55-44)51-18-19-52-48)58-26-40-33(12-7-13-35(40)46(39)58)30-17-16-29-23-38-37(24-32(29)20-30)43-49(54-42-15-6-5-14-41(42)53-43)57-25-31-10-3-4-11-34(31)45(38)57/h1-26H. The van der Waals surface area contributed by atoms with Gasteiger partial charge in [0.05, 0.1) is 22.1 Å². The fourth-order valence-electron chi connectivity index (χ4n) is 9.50. The Morgan fingerprint density at radius 2 is 0.948 bits per heavy atom. The fourth-order valence-corrected chi connectivity index (χ4v) is 9.50. The molecule has 0 N–H and O–H groups in total. The molecule has 7 heterocycles. The lowest BCUT2D eigenvalue weighted by molar-refractivity contribution is 1.16. The summed E-state index contributed by atoms with van der Waals surface area (Å²) in [5.74, 6) is 0. The molecule has 14 rings (SSSR count). The van der Waals surface area contributed by atoms with Crippen LogP contribution >= 0.6 is 0 Å². The van der Waals surface area contributed by atoms with Crippen LogP contribution in [-0.4, -0.2) is 38.7 Å². The van der Waals surface area contributed by atoms with E-state index in [4.69, 9.17) is 19.9 Å². The molecular weight excluding hydrogens is 713 g/mol. The minimum Gasteiger partial charge on any atom is -0.298 e. The van der Waals surface area contributed by atoms with Crippen molar-refractivity contribution in [3.63, 3.8) is 0 Å². The second-order valence-electron chi connectivity index (χ2n) is 15.2. The third-order valence-electron chi connectivity index (χ3n) is 12.1. The van der Waals surface area contributed by atoms with Crippen molar-refractivity contribution in [2.45, 2.75) is 0 Å². The van der Waals surface area contributed by atoms with Gasteiger partial charge in [-0.25, -0.2) is 29.9 Å². The van der Waals surface area contributed by atoms with Gasteiger partial charge in [0.1, 0.15) is 11.0 Å². The van der Waals surface area contributed by atoms with Gasteiger partial charge in [0.25, 0.3) is 0 Å². The van der Waals surface area contributed by atoms with E-state index in [2.05, 4.69) is 140 Å². The van der Waals surface area contributed by atoms with E-state index >= 15 is 0 Å². The first-order chi connectivity index (χ1) is 28.7. The predicted octanol–water partition coefficient (Wildman–Crippen LogP) is 11.8. The van der Waals surface area contributed by atoms with Crippen LogP contribution < -0.4 is 0 Å². The lowest BCUT2D eigenvalue weighted by Gasteiger charge is -2.12. The number of hydrogen-bond acceptors (Lipinski definition) is 6. The summed E-state index contributed by atoms with van der Waals surface area (Å²) >= 11 is 0. The van der Waals surface area contributed by atoms with Crippen LogP contribution in [0.25, 0.3) is 131 Å². The van der Waals surface area contributed by atoms with Crippen LogP contribution in [0.5, 0.6) is 0 Å². The fraction of sp³-hybridized carbons (Fsp3) is 0. The monoisotopic (exact) mass is 738 g/mol. The summed E-state index contributed by atoms with van der Waals surface area (Å²) in [7, 11) is 0. The van der Waals surface area contributed by atoms with E-state index in [0.29, 0.717) is 11.3 Å². The second kappa shape index (κ2) is 10.8. The van der Waals surface area contributed by atoms with E-state index in [9.17, 15) is 0 Å². The van der Waals surface area contributed by atoms with Crippen LogP contribution in [0.3, 0.4) is 0 Å². The number of fused-ring (bicyclic) bond motifs is 20. The van der Waals surface area contributed by atoms with Crippen molar-refractivity contribution in [2.24, 2.45) is 0 Å². The minimum absolute atomic E-state index is 0.520. The molecule has 0 bridgehead atoms. The molecule has 266 valence electrons. The van der Waals surface area contributed by atoms with Crippen molar-refractivity contribution in [3.05, 3.63) is 158 Å². The van der Waals surface area contributed by atoms with Gasteiger partial charge >= 0.3 is 0 Å². The van der Waals surface area contributed by atoms with Gasteiger partial charge < -0.3 is 0 Å². The van der Waals surface area contributed by atoms with E-state index in [0.717, 1.165) is 104 Å². The molecule has 8 heteroatoms. The average Bonchev–Trinajstić information content (AvgIpc) is 3.87. The number of benzene rings is 7. The van der Waals surface area contributed by atoms with Crippen LogP contribution in [0.2, 0.25) is 0 Å². The highest BCUT2D eigenvalue weighted by Gasteiger charge is 2.20. The topological polar surface area (TPSA) is 86.2 Å². The summed E-state index contributed by atoms with van der Waals surface area (Å²) in [5, 5.41) is 13.7. The van der Waals surface area contributed by atoms with Crippen LogP contribution in [0.15, 0.2) is 158 Å². The lowest BCUT2D eigenvalue weighted by Crippen LogP contribution is -1.98. The summed E-state index contributed by atoms with van der Waals surface area (Å²) in [6.45, 7) is 0. The third kappa shape index (κ3) is 3.97. The first kappa shape index (κ1) is 30.2. The maximum absolute atomic E-state index is 5.26. The first-order valence-electron chi connectivity index (χ1n) is 19.3. The average molecular weight is 739 g/mol. The summed E-state index contributed by atoms with van der Waals surface area (Å²) in [4.78, 5) is 29.7. The van der Waals surface area contributed by atoms with E-state index in [1.807, 2.05) is 24.3 Å². The quantitative estimate of drug-likeness (QED) is 0.123. The highest BCUT2D eigenvalue weighted by molar-refractivity contribution is 6.24. The Bertz CT molecular complexity index is 4160. The maximum atomic E-state index is 5.26. The Labute approximate surface area is 327 Å². The van der Waals surface area contributed by atoms with Crippen molar-refractivity contribution < 1.29 is 0 Å². The zero-order chi connectivity index (χ0) is 37.6. The molecule has 0 aliphatic heterocycles. The molecule has 0 fully saturated rings. The number of pyridine rings is 2. The molecule has 0 saturated carbocycles. The molecule has 0 amide bonds. The number of rotatable bonds is 1. The van der Waals surface area contributed by atoms with Gasteiger partial charge in [-0.05, 0) is 75.1 Å². The van der Waals surface area contributed by atoms with Crippen LogP contribution in [-0.2, 0) is 0 Å². The minimum atomic E-state index is 0.520. The number of para-hydroxylation sites is 2. The Morgan fingerprint density at radius 3 is 1.76 bits per heavy atom. The summed E-state index contributed by atoms with van der Waals surface area (Å²) in [5.41, 5.74) is 10.6. The third-order valence-corrected chi connectivity index (χ3v) is 12.1. The normalized spacial score (nSPS) is 12.5. The van der Waals surface area contributed by atoms with Crippen molar-refractivity contribution in [3.8, 4) is 11.1 Å². The molecule has 0 spiro atoms. The molecule has 0 atom stereocenters. The highest BCUT2D eigenvalue weighted by atomic mass is 15.1. The number of hydrogen-bond donors (Lipinski definition) is 0. The molecule has 7 aromatic carbocycles. The van der Waals surface area contributed by atoms with Gasteiger partial charge in [0.2, 0.25) is 0 Å². The first-order valence-corrected chi connectivity index (χ1v) is 19.3. The van der Waals surface area contributed by atoms with Crippen LogP contribution in [0.1, 0.15) is 0 Å². The molecule has 8 nitrogen and oxygen atoms in total. The largest absolute Gasteiger partial charge is 0.298 e. The molecule has 0 aliphatic carbocycles. The second-order valence-corrected chi connectivity index (χ2v) is 15.2. The molecule has 0 saturated heterocycles. The molecule has 14 aromatic rings. The van der Waals surface area contributed by atoms with Crippen molar-refractivity contribution in [2.75, 3.05) is 0 Å². The van der Waals surface area contributed by atoms with Crippen LogP contribution in [0.4, 0.5) is 0 Å². The number of aromatic nitrogens is 8. The summed E-state index contributed by atoms with van der Waals surface area (Å²) in [6, 6.07) is 47.8. The molecular formula is C50H26N8.